The maximum Gasteiger partial charge on any atom is 0.0361 e. The molecule has 0 aliphatic heterocycles. The van der Waals surface area contributed by atoms with Gasteiger partial charge in [-0.15, -0.1) is 0 Å². The number of hydrogen-bond donors (Lipinski definition) is 1. The lowest BCUT2D eigenvalue weighted by Gasteiger charge is -2.22. The minimum atomic E-state index is 0.295. The number of rotatable bonds is 5. The van der Waals surface area contributed by atoms with Crippen LogP contribution in [0.1, 0.15) is 37.1 Å². The lowest BCUT2D eigenvalue weighted by Crippen LogP contribution is -2.22. The number of hydrogen-bond acceptors (Lipinski definition) is 2. The van der Waals surface area contributed by atoms with Crippen LogP contribution in [0.15, 0.2) is 53.0 Å². The van der Waals surface area contributed by atoms with Crippen LogP contribution in [0.25, 0.3) is 0 Å². The molecule has 2 rings (SSSR count). The summed E-state index contributed by atoms with van der Waals surface area (Å²) in [6, 6.07) is 17.7. The molecule has 0 fully saturated rings. The minimum Gasteiger partial charge on any atom is -0.378 e. The van der Waals surface area contributed by atoms with Gasteiger partial charge >= 0.3 is 0 Å². The first-order valence-corrected chi connectivity index (χ1v) is 8.06. The van der Waals surface area contributed by atoms with Gasteiger partial charge in [0.2, 0.25) is 0 Å². The molecule has 0 aliphatic carbocycles. The van der Waals surface area contributed by atoms with Crippen molar-refractivity contribution in [2.45, 2.75) is 25.9 Å². The molecule has 2 aromatic carbocycles. The van der Waals surface area contributed by atoms with E-state index in [0.29, 0.717) is 12.1 Å². The fourth-order valence-corrected chi connectivity index (χ4v) is 3.08. The van der Waals surface area contributed by atoms with Crippen molar-refractivity contribution in [3.63, 3.8) is 0 Å². The zero-order valence-corrected chi connectivity index (χ0v) is 14.7. The highest BCUT2D eigenvalue weighted by atomic mass is 79.9. The van der Waals surface area contributed by atoms with E-state index in [9.17, 15) is 0 Å². The van der Waals surface area contributed by atoms with E-state index >= 15 is 0 Å². The average molecular weight is 347 g/mol. The molecule has 0 saturated carbocycles. The second-order valence-corrected chi connectivity index (χ2v) is 6.47. The highest BCUT2D eigenvalue weighted by Crippen LogP contribution is 2.26. The highest BCUT2D eigenvalue weighted by Gasteiger charge is 2.13. The summed E-state index contributed by atoms with van der Waals surface area (Å²) >= 11 is 3.62. The standard InChI is InChI=1S/C18H23BrN2/c1-13(15-9-11-16(12-10-15)21(3)4)20-14(2)17-7-5-6-8-18(17)19/h5-14,20H,1-4H3/t13?,14-/m1/s1. The third kappa shape index (κ3) is 4.08. The fraction of sp³-hybridized carbons (Fsp3) is 0.333. The Kier molecular flexibility index (Phi) is 5.43. The van der Waals surface area contributed by atoms with Gasteiger partial charge in [-0.05, 0) is 43.2 Å². The van der Waals surface area contributed by atoms with Gasteiger partial charge in [-0.25, -0.2) is 0 Å². The summed E-state index contributed by atoms with van der Waals surface area (Å²) in [6.07, 6.45) is 0. The second-order valence-electron chi connectivity index (χ2n) is 5.62. The van der Waals surface area contributed by atoms with E-state index in [-0.39, 0.29) is 0 Å². The summed E-state index contributed by atoms with van der Waals surface area (Å²) in [5, 5.41) is 3.66. The Morgan fingerprint density at radius 1 is 0.905 bits per heavy atom. The Balaban J connectivity index is 2.07. The Labute approximate surface area is 136 Å². The highest BCUT2D eigenvalue weighted by molar-refractivity contribution is 9.10. The molecule has 0 amide bonds. The maximum absolute atomic E-state index is 3.66. The minimum absolute atomic E-state index is 0.295. The molecule has 0 spiro atoms. The fourth-order valence-electron chi connectivity index (χ4n) is 2.45. The smallest absolute Gasteiger partial charge is 0.0361 e. The van der Waals surface area contributed by atoms with E-state index < -0.39 is 0 Å². The lowest BCUT2D eigenvalue weighted by molar-refractivity contribution is 0.493. The monoisotopic (exact) mass is 346 g/mol. The molecule has 112 valence electrons. The van der Waals surface area contributed by atoms with Crippen LogP contribution in [-0.4, -0.2) is 14.1 Å². The Morgan fingerprint density at radius 3 is 2.10 bits per heavy atom. The normalized spacial score (nSPS) is 13.8. The van der Waals surface area contributed by atoms with Gasteiger partial charge in [0.05, 0.1) is 0 Å². The molecule has 1 N–H and O–H groups in total. The van der Waals surface area contributed by atoms with Crippen molar-refractivity contribution >= 4 is 21.6 Å². The SMILES string of the molecule is CC(N[C@H](C)c1ccccc1Br)c1ccc(N(C)C)cc1. The molecule has 1 unspecified atom stereocenters. The van der Waals surface area contributed by atoms with E-state index in [4.69, 9.17) is 0 Å². The van der Waals surface area contributed by atoms with Gasteiger partial charge in [0.1, 0.15) is 0 Å². The van der Waals surface area contributed by atoms with E-state index in [1.165, 1.54) is 16.8 Å². The zero-order chi connectivity index (χ0) is 15.4. The van der Waals surface area contributed by atoms with Crippen LogP contribution in [0, 0.1) is 0 Å². The van der Waals surface area contributed by atoms with Gasteiger partial charge in [-0.3, -0.25) is 0 Å². The van der Waals surface area contributed by atoms with Crippen molar-refractivity contribution < 1.29 is 0 Å². The predicted octanol–water partition coefficient (Wildman–Crippen LogP) is 4.93. The molecule has 3 heteroatoms. The van der Waals surface area contributed by atoms with Gasteiger partial charge in [0.15, 0.2) is 0 Å². The van der Waals surface area contributed by atoms with Crippen LogP contribution < -0.4 is 10.2 Å². The number of halogens is 1. The van der Waals surface area contributed by atoms with Gasteiger partial charge in [-0.1, -0.05) is 46.3 Å². The van der Waals surface area contributed by atoms with Crippen molar-refractivity contribution in [1.29, 1.82) is 0 Å². The molecule has 2 aromatic rings. The molecule has 0 aliphatic rings. The molecule has 21 heavy (non-hydrogen) atoms. The molecule has 0 saturated heterocycles. The van der Waals surface area contributed by atoms with Crippen LogP contribution in [0.4, 0.5) is 5.69 Å². The number of nitrogens with one attached hydrogen (secondary N) is 1. The molecule has 2 atom stereocenters. The van der Waals surface area contributed by atoms with Crippen molar-refractivity contribution in [1.82, 2.24) is 5.32 Å². The van der Waals surface area contributed by atoms with Gasteiger partial charge in [-0.2, -0.15) is 0 Å². The van der Waals surface area contributed by atoms with Crippen molar-refractivity contribution in [2.75, 3.05) is 19.0 Å². The summed E-state index contributed by atoms with van der Waals surface area (Å²) in [5.74, 6) is 0. The summed E-state index contributed by atoms with van der Waals surface area (Å²) < 4.78 is 1.15. The first-order chi connectivity index (χ1) is 9.99. The zero-order valence-electron chi connectivity index (χ0n) is 13.1. The molecule has 0 bridgehead atoms. The van der Waals surface area contributed by atoms with Gasteiger partial charge in [0.25, 0.3) is 0 Å². The van der Waals surface area contributed by atoms with Gasteiger partial charge in [0, 0.05) is 36.3 Å². The Bertz CT molecular complexity index is 578. The van der Waals surface area contributed by atoms with E-state index in [2.05, 4.69) is 96.6 Å². The summed E-state index contributed by atoms with van der Waals surface area (Å²) in [7, 11) is 4.12. The van der Waals surface area contributed by atoms with Crippen molar-refractivity contribution in [3.05, 3.63) is 64.1 Å². The van der Waals surface area contributed by atoms with Crippen LogP contribution >= 0.6 is 15.9 Å². The first kappa shape index (κ1) is 16.1. The predicted molar refractivity (Wildman–Crippen MR) is 94.9 cm³/mol. The van der Waals surface area contributed by atoms with Crippen LogP contribution in [0.2, 0.25) is 0 Å². The third-order valence-electron chi connectivity index (χ3n) is 3.78. The number of anilines is 1. The largest absolute Gasteiger partial charge is 0.378 e. The first-order valence-electron chi connectivity index (χ1n) is 7.27. The molecule has 2 nitrogen and oxygen atoms in total. The topological polar surface area (TPSA) is 15.3 Å². The molecule has 0 heterocycles. The summed E-state index contributed by atoms with van der Waals surface area (Å²) in [6.45, 7) is 4.41. The second kappa shape index (κ2) is 7.10. The quantitative estimate of drug-likeness (QED) is 0.825. The number of nitrogens with zero attached hydrogens (tertiary/aromatic N) is 1. The van der Waals surface area contributed by atoms with Gasteiger partial charge < -0.3 is 10.2 Å². The maximum atomic E-state index is 3.66. The number of benzene rings is 2. The van der Waals surface area contributed by atoms with E-state index in [1.807, 2.05) is 6.07 Å². The third-order valence-corrected chi connectivity index (χ3v) is 4.50. The van der Waals surface area contributed by atoms with Crippen molar-refractivity contribution in [2.24, 2.45) is 0 Å². The molecular weight excluding hydrogens is 324 g/mol. The lowest BCUT2D eigenvalue weighted by atomic mass is 10.0. The Hall–Kier alpha value is -1.32. The van der Waals surface area contributed by atoms with E-state index in [1.54, 1.807) is 0 Å². The summed E-state index contributed by atoms with van der Waals surface area (Å²) in [4.78, 5) is 2.12. The molecular formula is C18H23BrN2. The average Bonchev–Trinajstić information content (AvgIpc) is 2.47. The Morgan fingerprint density at radius 2 is 1.52 bits per heavy atom. The van der Waals surface area contributed by atoms with Crippen LogP contribution in [0.3, 0.4) is 0 Å². The van der Waals surface area contributed by atoms with E-state index in [0.717, 1.165) is 4.47 Å². The van der Waals surface area contributed by atoms with Crippen LogP contribution in [0.5, 0.6) is 0 Å². The van der Waals surface area contributed by atoms with Crippen molar-refractivity contribution in [3.8, 4) is 0 Å². The van der Waals surface area contributed by atoms with Crippen LogP contribution in [-0.2, 0) is 0 Å². The summed E-state index contributed by atoms with van der Waals surface area (Å²) in [5.41, 5.74) is 3.82. The molecule has 0 aromatic heterocycles. The molecule has 0 radical (unpaired) electrons.